The molecular formula is C11H12FNO4S. The monoisotopic (exact) mass is 273 g/mol. The van der Waals surface area contributed by atoms with E-state index in [0.29, 0.717) is 17.7 Å². The minimum absolute atomic E-state index is 0.0690. The summed E-state index contributed by atoms with van der Waals surface area (Å²) in [5.41, 5.74) is -0.0690. The molecule has 0 aliphatic heterocycles. The minimum atomic E-state index is -1.70. The predicted octanol–water partition coefficient (Wildman–Crippen LogP) is 2.52. The highest BCUT2D eigenvalue weighted by Gasteiger charge is 2.27. The van der Waals surface area contributed by atoms with Crippen LogP contribution in [0.15, 0.2) is 29.2 Å². The summed E-state index contributed by atoms with van der Waals surface area (Å²) < 4.78 is 29.9. The van der Waals surface area contributed by atoms with Crippen LogP contribution in [0.5, 0.6) is 0 Å². The molecule has 3 unspecified atom stereocenters. The molecule has 1 saturated carbocycles. The fourth-order valence-corrected chi connectivity index (χ4v) is 2.72. The van der Waals surface area contributed by atoms with E-state index in [-0.39, 0.29) is 18.2 Å². The van der Waals surface area contributed by atoms with E-state index < -0.39 is 22.2 Å². The Bertz CT molecular complexity index is 465. The van der Waals surface area contributed by atoms with Crippen molar-refractivity contribution in [1.82, 2.24) is 0 Å². The number of rotatable bonds is 4. The van der Waals surface area contributed by atoms with Crippen molar-refractivity contribution in [2.24, 2.45) is 0 Å². The number of benzene rings is 1. The molecular weight excluding hydrogens is 261 g/mol. The van der Waals surface area contributed by atoms with Crippen LogP contribution in [0, 0.1) is 10.1 Å². The lowest BCUT2D eigenvalue weighted by atomic mass is 10.3. The molecule has 7 heteroatoms. The van der Waals surface area contributed by atoms with Gasteiger partial charge in [-0.2, -0.15) is 0 Å². The summed E-state index contributed by atoms with van der Waals surface area (Å²) in [5.74, 6) is 0. The van der Waals surface area contributed by atoms with Crippen molar-refractivity contribution in [2.75, 3.05) is 0 Å². The van der Waals surface area contributed by atoms with Crippen LogP contribution in [-0.2, 0) is 15.3 Å². The molecule has 1 fully saturated rings. The summed E-state index contributed by atoms with van der Waals surface area (Å²) in [5, 5.41) is 10.5. The molecule has 0 saturated heterocycles. The molecule has 3 atom stereocenters. The Balaban J connectivity index is 1.98. The van der Waals surface area contributed by atoms with Gasteiger partial charge in [0, 0.05) is 18.6 Å². The first kappa shape index (κ1) is 13.1. The number of hydrogen-bond donors (Lipinski definition) is 0. The van der Waals surface area contributed by atoms with Gasteiger partial charge in [-0.3, -0.25) is 14.3 Å². The lowest BCUT2D eigenvalue weighted by Gasteiger charge is -2.09. The Morgan fingerprint density at radius 1 is 1.33 bits per heavy atom. The van der Waals surface area contributed by atoms with Gasteiger partial charge >= 0.3 is 0 Å². The van der Waals surface area contributed by atoms with E-state index in [0.717, 1.165) is 0 Å². The van der Waals surface area contributed by atoms with Crippen LogP contribution < -0.4 is 0 Å². The summed E-state index contributed by atoms with van der Waals surface area (Å²) >= 11 is -1.70. The minimum Gasteiger partial charge on any atom is -0.283 e. The Morgan fingerprint density at radius 2 is 2.00 bits per heavy atom. The first-order valence-corrected chi connectivity index (χ1v) is 6.61. The van der Waals surface area contributed by atoms with Gasteiger partial charge in [0.05, 0.1) is 15.9 Å². The van der Waals surface area contributed by atoms with Crippen molar-refractivity contribution in [2.45, 2.75) is 36.4 Å². The van der Waals surface area contributed by atoms with E-state index in [4.69, 9.17) is 4.18 Å². The third-order valence-corrected chi connectivity index (χ3v) is 3.89. The first-order valence-electron chi connectivity index (χ1n) is 5.53. The second-order valence-electron chi connectivity index (χ2n) is 4.11. The highest BCUT2D eigenvalue weighted by molar-refractivity contribution is 7.80. The van der Waals surface area contributed by atoms with Crippen LogP contribution in [0.3, 0.4) is 0 Å². The van der Waals surface area contributed by atoms with E-state index in [1.54, 1.807) is 0 Å². The number of non-ortho nitro benzene ring substituents is 1. The van der Waals surface area contributed by atoms with Crippen molar-refractivity contribution in [3.63, 3.8) is 0 Å². The smallest absolute Gasteiger partial charge is 0.269 e. The summed E-state index contributed by atoms with van der Waals surface area (Å²) in [6.45, 7) is 0. The van der Waals surface area contributed by atoms with Crippen LogP contribution in [0.2, 0.25) is 0 Å². The SMILES string of the molecule is O=[N+]([O-])c1ccc(S(=O)OC2CCC(F)C2)cc1. The molecule has 98 valence electrons. The summed E-state index contributed by atoms with van der Waals surface area (Å²) in [6.07, 6.45) is 0.0284. The standard InChI is InChI=1S/C11H12FNO4S/c12-8-1-4-10(7-8)17-18(16)11-5-2-9(3-6-11)13(14)15/h2-3,5-6,8,10H,1,4,7H2. The molecule has 18 heavy (non-hydrogen) atoms. The van der Waals surface area contributed by atoms with Crippen LogP contribution >= 0.6 is 0 Å². The topological polar surface area (TPSA) is 69.4 Å². The highest BCUT2D eigenvalue weighted by Crippen LogP contribution is 2.26. The zero-order valence-electron chi connectivity index (χ0n) is 9.45. The van der Waals surface area contributed by atoms with Gasteiger partial charge in [0.1, 0.15) is 6.17 Å². The van der Waals surface area contributed by atoms with Gasteiger partial charge in [0.15, 0.2) is 11.1 Å². The largest absolute Gasteiger partial charge is 0.283 e. The van der Waals surface area contributed by atoms with Gasteiger partial charge in [-0.05, 0) is 25.0 Å². The molecule has 0 N–H and O–H groups in total. The maximum atomic E-state index is 12.9. The summed E-state index contributed by atoms with van der Waals surface area (Å²) in [4.78, 5) is 10.3. The molecule has 0 bridgehead atoms. The zero-order chi connectivity index (χ0) is 13.1. The van der Waals surface area contributed by atoms with Gasteiger partial charge < -0.3 is 0 Å². The van der Waals surface area contributed by atoms with Crippen molar-refractivity contribution in [3.05, 3.63) is 34.4 Å². The van der Waals surface area contributed by atoms with Crippen LogP contribution in [-0.4, -0.2) is 21.4 Å². The number of hydrogen-bond acceptors (Lipinski definition) is 4. The highest BCUT2D eigenvalue weighted by atomic mass is 32.2. The quantitative estimate of drug-likeness (QED) is 0.624. The van der Waals surface area contributed by atoms with Crippen LogP contribution in [0.25, 0.3) is 0 Å². The average Bonchev–Trinajstić information content (AvgIpc) is 2.75. The van der Waals surface area contributed by atoms with Crippen molar-refractivity contribution in [3.8, 4) is 0 Å². The van der Waals surface area contributed by atoms with E-state index in [1.165, 1.54) is 24.3 Å². The molecule has 0 aromatic heterocycles. The number of nitro groups is 1. The molecule has 1 aromatic carbocycles. The average molecular weight is 273 g/mol. The molecule has 1 aliphatic carbocycles. The van der Waals surface area contributed by atoms with Crippen molar-refractivity contribution >= 4 is 16.8 Å². The lowest BCUT2D eigenvalue weighted by Crippen LogP contribution is -2.11. The molecule has 0 radical (unpaired) electrons. The number of nitro benzene ring substituents is 1. The molecule has 1 aromatic rings. The number of alkyl halides is 1. The maximum absolute atomic E-state index is 12.9. The fourth-order valence-electron chi connectivity index (χ4n) is 1.83. The van der Waals surface area contributed by atoms with Gasteiger partial charge in [-0.1, -0.05) is 0 Å². The Hall–Kier alpha value is -1.34. The second-order valence-corrected chi connectivity index (χ2v) is 5.25. The molecule has 0 amide bonds. The fraction of sp³-hybridized carbons (Fsp3) is 0.455. The summed E-state index contributed by atoms with van der Waals surface area (Å²) in [6, 6.07) is 5.30. The lowest BCUT2D eigenvalue weighted by molar-refractivity contribution is -0.384. The number of halogens is 1. The van der Waals surface area contributed by atoms with Crippen molar-refractivity contribution in [1.29, 1.82) is 0 Å². The molecule has 0 spiro atoms. The summed E-state index contributed by atoms with van der Waals surface area (Å²) in [7, 11) is 0. The Morgan fingerprint density at radius 3 is 2.50 bits per heavy atom. The van der Waals surface area contributed by atoms with Gasteiger partial charge in [-0.15, -0.1) is 0 Å². The first-order chi connectivity index (χ1) is 8.56. The van der Waals surface area contributed by atoms with Crippen LogP contribution in [0.4, 0.5) is 10.1 Å². The predicted molar refractivity (Wildman–Crippen MR) is 63.1 cm³/mol. The Labute approximate surface area is 106 Å². The third-order valence-electron chi connectivity index (χ3n) is 2.78. The van der Waals surface area contributed by atoms with Gasteiger partial charge in [-0.25, -0.2) is 8.60 Å². The van der Waals surface area contributed by atoms with Crippen molar-refractivity contribution < 1.29 is 17.7 Å². The maximum Gasteiger partial charge on any atom is 0.269 e. The molecule has 1 aliphatic rings. The number of nitrogens with zero attached hydrogens (tertiary/aromatic N) is 1. The zero-order valence-corrected chi connectivity index (χ0v) is 10.3. The molecule has 0 heterocycles. The second kappa shape index (κ2) is 5.53. The Kier molecular flexibility index (Phi) is 4.03. The molecule has 2 rings (SSSR count). The van der Waals surface area contributed by atoms with Gasteiger partial charge in [0.25, 0.3) is 5.69 Å². The van der Waals surface area contributed by atoms with E-state index in [2.05, 4.69) is 0 Å². The van der Waals surface area contributed by atoms with Gasteiger partial charge in [0.2, 0.25) is 0 Å². The normalized spacial score (nSPS) is 24.9. The van der Waals surface area contributed by atoms with E-state index in [9.17, 15) is 18.7 Å². The van der Waals surface area contributed by atoms with E-state index in [1.807, 2.05) is 0 Å². The van der Waals surface area contributed by atoms with E-state index >= 15 is 0 Å². The van der Waals surface area contributed by atoms with Crippen LogP contribution in [0.1, 0.15) is 19.3 Å². The third kappa shape index (κ3) is 3.11. The molecule has 5 nitrogen and oxygen atoms in total.